The average molecular weight is 395 g/mol. The van der Waals surface area contributed by atoms with E-state index in [-0.39, 0.29) is 30.8 Å². The number of rotatable bonds is 15. The maximum atomic E-state index is 11.3. The first-order chi connectivity index (χ1) is 11.9. The highest BCUT2D eigenvalue weighted by Gasteiger charge is 2.22. The van der Waals surface area contributed by atoms with Gasteiger partial charge in [0.1, 0.15) is 6.54 Å². The van der Waals surface area contributed by atoms with Crippen molar-refractivity contribution >= 4 is 11.8 Å². The summed E-state index contributed by atoms with van der Waals surface area (Å²) in [6, 6.07) is 0. The Kier molecular flexibility index (Phi) is 13.5. The lowest BCUT2D eigenvalue weighted by Gasteiger charge is -2.23. The Morgan fingerprint density at radius 1 is 0.731 bits per heavy atom. The SMILES string of the molecule is C[N+](C)(C)CCOCCOCCOCCOCCN1C(=O)C=CC1=O.[Cl-]. The van der Waals surface area contributed by atoms with E-state index < -0.39 is 0 Å². The van der Waals surface area contributed by atoms with Crippen molar-refractivity contribution in [1.29, 1.82) is 0 Å². The normalized spacial score (nSPS) is 14.2. The molecule has 152 valence electrons. The molecule has 0 aromatic rings. The van der Waals surface area contributed by atoms with Gasteiger partial charge in [0.05, 0.1) is 80.5 Å². The fourth-order valence-electron chi connectivity index (χ4n) is 1.91. The van der Waals surface area contributed by atoms with Gasteiger partial charge in [0, 0.05) is 12.2 Å². The summed E-state index contributed by atoms with van der Waals surface area (Å²) in [5.74, 6) is -0.577. The molecule has 0 unspecified atom stereocenters. The van der Waals surface area contributed by atoms with Crippen LogP contribution in [0.3, 0.4) is 0 Å². The first-order valence-electron chi connectivity index (χ1n) is 8.55. The number of carbonyl (C=O) groups is 2. The van der Waals surface area contributed by atoms with Crippen LogP contribution in [0.1, 0.15) is 0 Å². The van der Waals surface area contributed by atoms with E-state index in [1.54, 1.807) is 0 Å². The average Bonchev–Trinajstić information content (AvgIpc) is 2.85. The van der Waals surface area contributed by atoms with Crippen LogP contribution in [0, 0.1) is 0 Å². The van der Waals surface area contributed by atoms with Crippen molar-refractivity contribution in [3.63, 3.8) is 0 Å². The Morgan fingerprint density at radius 3 is 1.54 bits per heavy atom. The summed E-state index contributed by atoms with van der Waals surface area (Å²) in [4.78, 5) is 23.7. The molecule has 1 aliphatic heterocycles. The van der Waals surface area contributed by atoms with E-state index >= 15 is 0 Å². The number of imide groups is 1. The Bertz CT molecular complexity index is 421. The van der Waals surface area contributed by atoms with Gasteiger partial charge >= 0.3 is 0 Å². The van der Waals surface area contributed by atoms with E-state index in [0.717, 1.165) is 22.5 Å². The predicted molar refractivity (Wildman–Crippen MR) is 92.0 cm³/mol. The Morgan fingerprint density at radius 2 is 1.12 bits per heavy atom. The van der Waals surface area contributed by atoms with Crippen LogP contribution >= 0.6 is 0 Å². The summed E-state index contributed by atoms with van der Waals surface area (Å²) in [6.45, 7) is 5.29. The third kappa shape index (κ3) is 12.3. The van der Waals surface area contributed by atoms with E-state index in [4.69, 9.17) is 18.9 Å². The molecule has 0 aromatic heterocycles. The largest absolute Gasteiger partial charge is 1.00 e. The van der Waals surface area contributed by atoms with E-state index in [9.17, 15) is 9.59 Å². The molecule has 0 saturated carbocycles. The van der Waals surface area contributed by atoms with Crippen molar-refractivity contribution in [3.05, 3.63) is 12.2 Å². The Labute approximate surface area is 162 Å². The van der Waals surface area contributed by atoms with Crippen LogP contribution in [0.5, 0.6) is 0 Å². The molecule has 0 aromatic carbocycles. The lowest BCUT2D eigenvalue weighted by Crippen LogP contribution is -3.00. The second kappa shape index (κ2) is 14.1. The fraction of sp³-hybridized carbons (Fsp3) is 0.765. The summed E-state index contributed by atoms with van der Waals surface area (Å²) in [7, 11) is 6.39. The van der Waals surface area contributed by atoms with Gasteiger partial charge in [-0.15, -0.1) is 0 Å². The Hall–Kier alpha value is -1.03. The van der Waals surface area contributed by atoms with Crippen LogP contribution in [0.2, 0.25) is 0 Å². The van der Waals surface area contributed by atoms with Crippen molar-refractivity contribution in [1.82, 2.24) is 4.90 Å². The van der Waals surface area contributed by atoms with Gasteiger partial charge < -0.3 is 35.8 Å². The van der Waals surface area contributed by atoms with Gasteiger partial charge in [-0.25, -0.2) is 0 Å². The molecule has 0 saturated heterocycles. The number of quaternary nitrogens is 1. The highest BCUT2D eigenvalue weighted by atomic mass is 35.5. The minimum Gasteiger partial charge on any atom is -1.00 e. The van der Waals surface area contributed by atoms with Gasteiger partial charge in [0.2, 0.25) is 0 Å². The molecular weight excluding hydrogens is 364 g/mol. The maximum absolute atomic E-state index is 11.3. The van der Waals surface area contributed by atoms with Gasteiger partial charge in [0.25, 0.3) is 11.8 Å². The van der Waals surface area contributed by atoms with E-state index in [1.165, 1.54) is 12.2 Å². The van der Waals surface area contributed by atoms with Crippen molar-refractivity contribution in [2.75, 3.05) is 87.1 Å². The minimum atomic E-state index is -0.288. The maximum Gasteiger partial charge on any atom is 0.253 e. The van der Waals surface area contributed by atoms with Crippen LogP contribution in [-0.4, -0.2) is 108 Å². The standard InChI is InChI=1S/C17H31N2O6.ClH/c1-19(2,3)7-9-23-11-13-25-15-14-24-12-10-22-8-6-18-16(20)4-5-17(18)21;/h4-5H,6-15H2,1-3H3;1H/q+1;/p-1. The Balaban J connectivity index is 0.00000625. The molecule has 0 atom stereocenters. The van der Waals surface area contributed by atoms with E-state index in [2.05, 4.69) is 21.1 Å². The van der Waals surface area contributed by atoms with Gasteiger partial charge in [-0.3, -0.25) is 14.5 Å². The van der Waals surface area contributed by atoms with Crippen molar-refractivity contribution in [3.8, 4) is 0 Å². The van der Waals surface area contributed by atoms with E-state index in [0.29, 0.717) is 46.2 Å². The summed E-state index contributed by atoms with van der Waals surface area (Å²) < 4.78 is 22.5. The summed E-state index contributed by atoms with van der Waals surface area (Å²) in [5, 5.41) is 0. The summed E-state index contributed by atoms with van der Waals surface area (Å²) >= 11 is 0. The molecule has 0 aliphatic carbocycles. The quantitative estimate of drug-likeness (QED) is 0.164. The molecular formula is C17H31ClN2O6. The topological polar surface area (TPSA) is 74.3 Å². The number of likely N-dealkylation sites (N-methyl/N-ethyl adjacent to an activating group) is 1. The van der Waals surface area contributed by atoms with Gasteiger partial charge in [-0.2, -0.15) is 0 Å². The zero-order valence-corrected chi connectivity index (χ0v) is 16.7. The molecule has 1 heterocycles. The molecule has 9 heteroatoms. The third-order valence-corrected chi connectivity index (χ3v) is 3.38. The molecule has 8 nitrogen and oxygen atoms in total. The van der Waals surface area contributed by atoms with Crippen LogP contribution in [0.4, 0.5) is 0 Å². The molecule has 1 aliphatic rings. The summed E-state index contributed by atoms with van der Waals surface area (Å²) in [6.07, 6.45) is 2.53. The number of nitrogens with zero attached hydrogens (tertiary/aromatic N) is 2. The molecule has 0 fully saturated rings. The third-order valence-electron chi connectivity index (χ3n) is 3.38. The van der Waals surface area contributed by atoms with Crippen LogP contribution in [0.15, 0.2) is 12.2 Å². The highest BCUT2D eigenvalue weighted by molar-refractivity contribution is 6.12. The van der Waals surface area contributed by atoms with Gasteiger partial charge in [0.15, 0.2) is 0 Å². The second-order valence-corrected chi connectivity index (χ2v) is 6.62. The molecule has 0 N–H and O–H groups in total. The lowest BCUT2D eigenvalue weighted by molar-refractivity contribution is -0.870. The molecule has 0 bridgehead atoms. The van der Waals surface area contributed by atoms with Crippen LogP contribution in [-0.2, 0) is 28.5 Å². The number of hydrogen-bond donors (Lipinski definition) is 0. The molecule has 0 radical (unpaired) electrons. The highest BCUT2D eigenvalue weighted by Crippen LogP contribution is 2.02. The number of halogens is 1. The number of ether oxygens (including phenoxy) is 4. The van der Waals surface area contributed by atoms with Gasteiger partial charge in [-0.05, 0) is 0 Å². The monoisotopic (exact) mass is 394 g/mol. The predicted octanol–water partition coefficient (Wildman–Crippen LogP) is -3.31. The van der Waals surface area contributed by atoms with Crippen molar-refractivity contribution in [2.45, 2.75) is 0 Å². The molecule has 2 amide bonds. The number of hydrogen-bond acceptors (Lipinski definition) is 6. The zero-order chi connectivity index (χ0) is 18.5. The van der Waals surface area contributed by atoms with Crippen molar-refractivity contribution in [2.24, 2.45) is 0 Å². The number of amides is 2. The fourth-order valence-corrected chi connectivity index (χ4v) is 1.91. The smallest absolute Gasteiger partial charge is 0.253 e. The first-order valence-corrected chi connectivity index (χ1v) is 8.55. The van der Waals surface area contributed by atoms with Crippen LogP contribution < -0.4 is 12.4 Å². The molecule has 1 rings (SSSR count). The zero-order valence-electron chi connectivity index (χ0n) is 15.9. The molecule has 26 heavy (non-hydrogen) atoms. The van der Waals surface area contributed by atoms with Gasteiger partial charge in [-0.1, -0.05) is 0 Å². The van der Waals surface area contributed by atoms with Crippen molar-refractivity contribution < 1.29 is 45.4 Å². The second-order valence-electron chi connectivity index (χ2n) is 6.62. The number of carbonyl (C=O) groups excluding carboxylic acids is 2. The molecule has 0 spiro atoms. The minimum absolute atomic E-state index is 0. The summed E-state index contributed by atoms with van der Waals surface area (Å²) in [5.41, 5.74) is 0. The van der Waals surface area contributed by atoms with Crippen LogP contribution in [0.25, 0.3) is 0 Å². The van der Waals surface area contributed by atoms with E-state index in [1.807, 2.05) is 0 Å². The first kappa shape index (κ1) is 25.0. The lowest BCUT2D eigenvalue weighted by atomic mass is 10.5.